The summed E-state index contributed by atoms with van der Waals surface area (Å²) in [6.07, 6.45) is 1.25. The molecule has 3 heterocycles. The van der Waals surface area contributed by atoms with Crippen LogP contribution in [0.25, 0.3) is 0 Å². The van der Waals surface area contributed by atoms with E-state index in [1.807, 2.05) is 6.92 Å². The molecule has 0 atom stereocenters. The van der Waals surface area contributed by atoms with Gasteiger partial charge < -0.3 is 10.1 Å². The Hall–Kier alpha value is -1.14. The van der Waals surface area contributed by atoms with Gasteiger partial charge in [-0.15, -0.1) is 0 Å². The summed E-state index contributed by atoms with van der Waals surface area (Å²) in [4.78, 5) is 24.4. The lowest BCUT2D eigenvalue weighted by atomic mass is 10.0. The molecule has 1 N–H and O–H groups in total. The molecule has 1 fully saturated rings. The number of aromatic nitrogens is 1. The molecule has 3 rings (SSSR count). The number of hydrogen-bond donors (Lipinski definition) is 1. The van der Waals surface area contributed by atoms with Crippen molar-refractivity contribution >= 4 is 21.8 Å². The number of rotatable bonds is 0. The van der Waals surface area contributed by atoms with Crippen molar-refractivity contribution < 1.29 is 9.53 Å². The van der Waals surface area contributed by atoms with E-state index in [0.717, 1.165) is 5.56 Å². The van der Waals surface area contributed by atoms with E-state index in [2.05, 4.69) is 21.2 Å². The fourth-order valence-electron chi connectivity index (χ4n) is 2.78. The topological polar surface area (TPSA) is 60.3 Å². The largest absolute Gasteiger partial charge is 0.381 e. The van der Waals surface area contributed by atoms with Crippen molar-refractivity contribution in [3.8, 4) is 0 Å². The summed E-state index contributed by atoms with van der Waals surface area (Å²) in [5.41, 5.74) is 0.527. The number of aryl methyl sites for hydroxylation is 1. The molecule has 0 bridgehead atoms. The molecule has 2 aliphatic rings. The maximum atomic E-state index is 12.3. The maximum Gasteiger partial charge on any atom is 0.270 e. The van der Waals surface area contributed by atoms with Crippen LogP contribution in [0.15, 0.2) is 15.3 Å². The van der Waals surface area contributed by atoms with E-state index in [1.165, 1.54) is 0 Å². The van der Waals surface area contributed by atoms with E-state index in [1.54, 1.807) is 10.6 Å². The average Bonchev–Trinajstić information content (AvgIpc) is 2.60. The average molecular weight is 313 g/mol. The molecular formula is C12H13BrN2O3. The number of ether oxygens (including phenoxy) is 1. The summed E-state index contributed by atoms with van der Waals surface area (Å²) < 4.78 is 7.43. The minimum Gasteiger partial charge on any atom is -0.381 e. The maximum absolute atomic E-state index is 12.3. The zero-order chi connectivity index (χ0) is 12.9. The summed E-state index contributed by atoms with van der Waals surface area (Å²) in [7, 11) is 0. The highest BCUT2D eigenvalue weighted by atomic mass is 79.9. The van der Waals surface area contributed by atoms with Crippen LogP contribution in [0, 0.1) is 6.92 Å². The molecule has 1 spiro atoms. The van der Waals surface area contributed by atoms with E-state index in [9.17, 15) is 9.59 Å². The van der Waals surface area contributed by atoms with E-state index < -0.39 is 5.66 Å². The van der Waals surface area contributed by atoms with Crippen LogP contribution >= 0.6 is 15.9 Å². The molecule has 0 unspecified atom stereocenters. The van der Waals surface area contributed by atoms with Crippen LogP contribution < -0.4 is 10.9 Å². The summed E-state index contributed by atoms with van der Waals surface area (Å²) >= 11 is 3.27. The number of fused-ring (bicyclic) bond motifs is 2. The van der Waals surface area contributed by atoms with Crippen LogP contribution in [-0.4, -0.2) is 23.7 Å². The molecule has 0 aliphatic carbocycles. The van der Waals surface area contributed by atoms with Gasteiger partial charge in [0.25, 0.3) is 11.5 Å². The number of carbonyl (C=O) groups is 1. The predicted molar refractivity (Wildman–Crippen MR) is 68.6 cm³/mol. The highest BCUT2D eigenvalue weighted by Crippen LogP contribution is 2.32. The van der Waals surface area contributed by atoms with Gasteiger partial charge in [-0.2, -0.15) is 0 Å². The minimum absolute atomic E-state index is 0.157. The Morgan fingerprint density at radius 2 is 2.06 bits per heavy atom. The van der Waals surface area contributed by atoms with Crippen LogP contribution in [0.1, 0.15) is 28.9 Å². The van der Waals surface area contributed by atoms with Gasteiger partial charge in [0.15, 0.2) is 0 Å². The Bertz CT molecular complexity index is 588. The summed E-state index contributed by atoms with van der Waals surface area (Å²) in [5, 5.41) is 2.97. The van der Waals surface area contributed by atoms with E-state index in [0.29, 0.717) is 36.2 Å². The standard InChI is InChI=1S/C12H13BrN2O3/c1-7-6-8(13)11(17)15-9(7)10(16)14-12(15)2-4-18-5-3-12/h6H,2-5H2,1H3,(H,14,16). The van der Waals surface area contributed by atoms with Crippen LogP contribution in [0.2, 0.25) is 0 Å². The molecule has 2 aliphatic heterocycles. The first kappa shape index (κ1) is 11.9. The normalized spacial score (nSPS) is 20.9. The van der Waals surface area contributed by atoms with Gasteiger partial charge in [-0.25, -0.2) is 0 Å². The molecular weight excluding hydrogens is 300 g/mol. The first-order valence-electron chi connectivity index (χ1n) is 5.88. The third-order valence-corrected chi connectivity index (χ3v) is 4.23. The van der Waals surface area contributed by atoms with Crippen molar-refractivity contribution in [2.75, 3.05) is 13.2 Å². The van der Waals surface area contributed by atoms with Crippen LogP contribution in [-0.2, 0) is 10.4 Å². The van der Waals surface area contributed by atoms with Crippen LogP contribution in [0.5, 0.6) is 0 Å². The van der Waals surface area contributed by atoms with Crippen molar-refractivity contribution in [1.82, 2.24) is 9.88 Å². The second kappa shape index (κ2) is 3.93. The lowest BCUT2D eigenvalue weighted by Crippen LogP contribution is -2.51. The Balaban J connectivity index is 2.29. The Labute approximate surface area is 112 Å². The lowest BCUT2D eigenvalue weighted by Gasteiger charge is -2.35. The molecule has 1 aromatic heterocycles. The Kier molecular flexibility index (Phi) is 2.60. The van der Waals surface area contributed by atoms with Gasteiger partial charge in [0.05, 0.1) is 17.7 Å². The van der Waals surface area contributed by atoms with Crippen LogP contribution in [0.4, 0.5) is 0 Å². The quantitative estimate of drug-likeness (QED) is 0.781. The van der Waals surface area contributed by atoms with Gasteiger partial charge in [0, 0.05) is 12.8 Å². The van der Waals surface area contributed by atoms with Crippen molar-refractivity contribution in [2.45, 2.75) is 25.4 Å². The zero-order valence-electron chi connectivity index (χ0n) is 9.96. The monoisotopic (exact) mass is 312 g/mol. The van der Waals surface area contributed by atoms with Gasteiger partial charge in [0.2, 0.25) is 0 Å². The Morgan fingerprint density at radius 3 is 2.72 bits per heavy atom. The Morgan fingerprint density at radius 1 is 1.39 bits per heavy atom. The van der Waals surface area contributed by atoms with Crippen LogP contribution in [0.3, 0.4) is 0 Å². The number of nitrogens with zero attached hydrogens (tertiary/aromatic N) is 1. The summed E-state index contributed by atoms with van der Waals surface area (Å²) in [6.45, 7) is 2.95. The first-order chi connectivity index (χ1) is 8.55. The molecule has 0 aromatic carbocycles. The zero-order valence-corrected chi connectivity index (χ0v) is 11.5. The third kappa shape index (κ3) is 1.48. The van der Waals surface area contributed by atoms with Gasteiger partial charge in [-0.05, 0) is 34.5 Å². The molecule has 0 radical (unpaired) electrons. The van der Waals surface area contributed by atoms with Gasteiger partial charge in [-0.3, -0.25) is 14.2 Å². The molecule has 1 aromatic rings. The predicted octanol–water partition coefficient (Wildman–Crippen LogP) is 1.13. The van der Waals surface area contributed by atoms with Crippen molar-refractivity contribution in [2.24, 2.45) is 0 Å². The number of hydrogen-bond acceptors (Lipinski definition) is 3. The molecule has 0 saturated carbocycles. The molecule has 18 heavy (non-hydrogen) atoms. The van der Waals surface area contributed by atoms with Gasteiger partial charge in [-0.1, -0.05) is 0 Å². The second-order valence-electron chi connectivity index (χ2n) is 4.76. The highest BCUT2D eigenvalue weighted by Gasteiger charge is 2.45. The van der Waals surface area contributed by atoms with E-state index in [4.69, 9.17) is 4.74 Å². The highest BCUT2D eigenvalue weighted by molar-refractivity contribution is 9.10. The fourth-order valence-corrected chi connectivity index (χ4v) is 3.30. The van der Waals surface area contributed by atoms with E-state index >= 15 is 0 Å². The number of nitrogens with one attached hydrogen (secondary N) is 1. The number of halogens is 1. The molecule has 96 valence electrons. The minimum atomic E-state index is -0.601. The number of carbonyl (C=O) groups excluding carboxylic acids is 1. The lowest BCUT2D eigenvalue weighted by molar-refractivity contribution is 0.0119. The molecule has 5 nitrogen and oxygen atoms in total. The molecule has 1 saturated heterocycles. The molecule has 1 amide bonds. The molecule has 6 heteroatoms. The second-order valence-corrected chi connectivity index (χ2v) is 5.62. The van der Waals surface area contributed by atoms with Gasteiger partial charge in [0.1, 0.15) is 11.4 Å². The first-order valence-corrected chi connectivity index (χ1v) is 6.67. The number of pyridine rings is 1. The third-order valence-electron chi connectivity index (χ3n) is 3.66. The SMILES string of the molecule is Cc1cc(Br)c(=O)n2c1C(=O)NC21CCOCC1. The fraction of sp³-hybridized carbons (Fsp3) is 0.500. The van der Waals surface area contributed by atoms with E-state index in [-0.39, 0.29) is 11.5 Å². The summed E-state index contributed by atoms with van der Waals surface area (Å²) in [6, 6.07) is 1.70. The van der Waals surface area contributed by atoms with Gasteiger partial charge >= 0.3 is 0 Å². The van der Waals surface area contributed by atoms with Crippen molar-refractivity contribution in [3.63, 3.8) is 0 Å². The summed E-state index contributed by atoms with van der Waals surface area (Å²) in [5.74, 6) is -0.168. The smallest absolute Gasteiger partial charge is 0.270 e. The number of amides is 1. The van der Waals surface area contributed by atoms with Crippen molar-refractivity contribution in [1.29, 1.82) is 0 Å². The van der Waals surface area contributed by atoms with Crippen molar-refractivity contribution in [3.05, 3.63) is 32.2 Å².